The number of aromatic hydroxyl groups is 2. The van der Waals surface area contributed by atoms with Gasteiger partial charge in [-0.15, -0.1) is 0 Å². The molecular weight excluding hydrogens is 552 g/mol. The van der Waals surface area contributed by atoms with Gasteiger partial charge in [0.2, 0.25) is 0 Å². The minimum atomic E-state index is -1.78. The Morgan fingerprint density at radius 1 is 0.881 bits per heavy atom. The molecule has 1 aromatic heterocycles. The molecule has 1 fully saturated rings. The number of ether oxygens (including phenoxy) is 4. The van der Waals surface area contributed by atoms with Crippen LogP contribution in [0.5, 0.6) is 23.0 Å². The van der Waals surface area contributed by atoms with Gasteiger partial charge in [0.25, 0.3) is 0 Å². The molecule has 5 rings (SSSR count). The number of hydrogen-bond donors (Lipinski definition) is 6. The molecule has 12 nitrogen and oxygen atoms in total. The first-order valence-corrected chi connectivity index (χ1v) is 12.9. The minimum absolute atomic E-state index is 0.142. The maximum absolute atomic E-state index is 13.1. The molecule has 42 heavy (non-hydrogen) atoms. The summed E-state index contributed by atoms with van der Waals surface area (Å²) in [4.78, 5) is 13.1. The van der Waals surface area contributed by atoms with Crippen molar-refractivity contribution in [2.45, 2.75) is 36.8 Å². The molecule has 0 bridgehead atoms. The van der Waals surface area contributed by atoms with Gasteiger partial charge in [-0.1, -0.05) is 12.1 Å². The smallest absolute Gasteiger partial charge is 0.197 e. The Bertz CT molecular complexity index is 1610. The van der Waals surface area contributed by atoms with Gasteiger partial charge < -0.3 is 54.0 Å². The SMILES string of the molecule is COC(OC)c1cccc(Oc2ccc(-c3cc(=O)c4c(O)c(C5O[C@H](CO)[C@@H](O)[C@H](O)[C@H]5O)c(O)cc4o3)cc2)c1. The summed E-state index contributed by atoms with van der Waals surface area (Å²) in [6.07, 6.45) is -8.57. The topological polar surface area (TPSA) is 189 Å². The number of rotatable bonds is 8. The van der Waals surface area contributed by atoms with E-state index in [2.05, 4.69) is 0 Å². The lowest BCUT2D eigenvalue weighted by atomic mass is 9.89. The van der Waals surface area contributed by atoms with Gasteiger partial charge in [0.1, 0.15) is 70.2 Å². The Morgan fingerprint density at radius 3 is 2.26 bits per heavy atom. The van der Waals surface area contributed by atoms with Crippen molar-refractivity contribution < 1.29 is 54.0 Å². The summed E-state index contributed by atoms with van der Waals surface area (Å²) < 4.78 is 27.8. The average Bonchev–Trinajstić information content (AvgIpc) is 2.98. The van der Waals surface area contributed by atoms with Gasteiger partial charge in [-0.25, -0.2) is 0 Å². The predicted molar refractivity (Wildman–Crippen MR) is 147 cm³/mol. The summed E-state index contributed by atoms with van der Waals surface area (Å²) in [6, 6.07) is 16.1. The van der Waals surface area contributed by atoms with Crippen LogP contribution in [0.1, 0.15) is 23.5 Å². The highest BCUT2D eigenvalue weighted by molar-refractivity contribution is 5.88. The highest BCUT2D eigenvalue weighted by atomic mass is 16.7. The Hall–Kier alpha value is -4.01. The van der Waals surface area contributed by atoms with Crippen molar-refractivity contribution in [3.05, 3.63) is 82.0 Å². The number of fused-ring (bicyclic) bond motifs is 1. The Kier molecular flexibility index (Phi) is 8.48. The van der Waals surface area contributed by atoms with E-state index >= 15 is 0 Å². The van der Waals surface area contributed by atoms with E-state index in [1.807, 2.05) is 12.1 Å². The zero-order valence-electron chi connectivity index (χ0n) is 22.6. The number of methoxy groups -OCH3 is 2. The van der Waals surface area contributed by atoms with E-state index in [0.29, 0.717) is 17.1 Å². The predicted octanol–water partition coefficient (Wildman–Crippen LogP) is 2.47. The van der Waals surface area contributed by atoms with Gasteiger partial charge in [-0.3, -0.25) is 4.79 Å². The summed E-state index contributed by atoms with van der Waals surface area (Å²) in [5, 5.41) is 61.6. The Labute approximate surface area is 239 Å². The largest absolute Gasteiger partial charge is 0.507 e. The first kappa shape index (κ1) is 29.5. The number of benzene rings is 3. The fraction of sp³-hybridized carbons (Fsp3) is 0.300. The first-order chi connectivity index (χ1) is 20.2. The molecule has 0 radical (unpaired) electrons. The lowest BCUT2D eigenvalue weighted by Crippen LogP contribution is -2.55. The van der Waals surface area contributed by atoms with Gasteiger partial charge in [-0.05, 0) is 36.4 Å². The molecular formula is C30H30O12. The molecule has 6 N–H and O–H groups in total. The molecule has 1 aliphatic rings. The van der Waals surface area contributed by atoms with E-state index in [1.165, 1.54) is 14.2 Å². The number of aliphatic hydroxyl groups excluding tert-OH is 4. The highest BCUT2D eigenvalue weighted by Crippen LogP contribution is 2.44. The lowest BCUT2D eigenvalue weighted by molar-refractivity contribution is -0.232. The number of phenols is 2. The van der Waals surface area contributed by atoms with Gasteiger partial charge >= 0.3 is 0 Å². The fourth-order valence-electron chi connectivity index (χ4n) is 4.98. The number of hydrogen-bond acceptors (Lipinski definition) is 12. The van der Waals surface area contributed by atoms with Crippen LogP contribution in [0.15, 0.2) is 69.9 Å². The van der Waals surface area contributed by atoms with Crippen LogP contribution < -0.4 is 10.2 Å². The second kappa shape index (κ2) is 12.1. The van der Waals surface area contributed by atoms with Gasteiger partial charge in [-0.2, -0.15) is 0 Å². The summed E-state index contributed by atoms with van der Waals surface area (Å²) >= 11 is 0. The lowest BCUT2D eigenvalue weighted by Gasteiger charge is -2.40. The molecule has 0 spiro atoms. The molecule has 1 aliphatic heterocycles. The molecule has 1 saturated heterocycles. The van der Waals surface area contributed by atoms with Crippen molar-refractivity contribution in [1.29, 1.82) is 0 Å². The average molecular weight is 583 g/mol. The second-order valence-electron chi connectivity index (χ2n) is 9.76. The van der Waals surface area contributed by atoms with Crippen molar-refractivity contribution >= 4 is 11.0 Å². The highest BCUT2D eigenvalue weighted by Gasteiger charge is 2.46. The van der Waals surface area contributed by atoms with Gasteiger partial charge in [0.15, 0.2) is 11.7 Å². The summed E-state index contributed by atoms with van der Waals surface area (Å²) in [6.45, 7) is -0.708. The molecule has 2 heterocycles. The standard InChI is InChI=1S/C30H30O12/c1-38-30(39-2)15-4-3-5-17(10-15)40-16-8-6-14(7-9-16)20-11-18(32)23-21(41-20)12-19(33)24(26(23)35)29-28(37)27(36)25(34)22(13-31)42-29/h3-12,22,25,27-31,33-37H,13H2,1-2H3/t22-,25-,27+,28-,29?/m1/s1. The van der Waals surface area contributed by atoms with Crippen LogP contribution in [0.25, 0.3) is 22.3 Å². The Morgan fingerprint density at radius 2 is 1.60 bits per heavy atom. The normalized spacial score (nSPS) is 22.5. The fourth-order valence-corrected chi connectivity index (χ4v) is 4.98. The van der Waals surface area contributed by atoms with E-state index in [1.54, 1.807) is 36.4 Å². The molecule has 0 saturated carbocycles. The summed E-state index contributed by atoms with van der Waals surface area (Å²) in [7, 11) is 3.07. The van der Waals surface area contributed by atoms with Crippen molar-refractivity contribution in [3.8, 4) is 34.3 Å². The third kappa shape index (κ3) is 5.44. The number of phenolic OH excluding ortho intramolecular Hbond substituents is 2. The Balaban J connectivity index is 1.44. The van der Waals surface area contributed by atoms with E-state index in [9.17, 15) is 35.4 Å². The molecule has 12 heteroatoms. The van der Waals surface area contributed by atoms with Crippen LogP contribution in [0, 0.1) is 0 Å². The van der Waals surface area contributed by atoms with Crippen LogP contribution in [0.4, 0.5) is 0 Å². The molecule has 5 atom stereocenters. The minimum Gasteiger partial charge on any atom is -0.507 e. The molecule has 0 aliphatic carbocycles. The molecule has 0 amide bonds. The maximum Gasteiger partial charge on any atom is 0.197 e. The van der Waals surface area contributed by atoms with Crippen LogP contribution in [0.3, 0.4) is 0 Å². The van der Waals surface area contributed by atoms with E-state index < -0.39 is 65.9 Å². The quantitative estimate of drug-likeness (QED) is 0.167. The van der Waals surface area contributed by atoms with E-state index in [4.69, 9.17) is 23.4 Å². The summed E-state index contributed by atoms with van der Waals surface area (Å²) in [5.74, 6) is -0.129. The molecule has 4 aromatic rings. The molecule has 3 aromatic carbocycles. The van der Waals surface area contributed by atoms with Crippen LogP contribution in [-0.2, 0) is 14.2 Å². The first-order valence-electron chi connectivity index (χ1n) is 12.9. The monoisotopic (exact) mass is 582 g/mol. The zero-order chi connectivity index (χ0) is 30.1. The van der Waals surface area contributed by atoms with E-state index in [-0.39, 0.29) is 16.7 Å². The van der Waals surface area contributed by atoms with Crippen LogP contribution in [0.2, 0.25) is 0 Å². The molecule has 222 valence electrons. The third-order valence-corrected chi connectivity index (χ3v) is 7.12. The van der Waals surface area contributed by atoms with Crippen LogP contribution >= 0.6 is 0 Å². The second-order valence-corrected chi connectivity index (χ2v) is 9.76. The van der Waals surface area contributed by atoms with Crippen LogP contribution in [-0.4, -0.2) is 75.9 Å². The van der Waals surface area contributed by atoms with Crippen molar-refractivity contribution in [2.75, 3.05) is 20.8 Å². The van der Waals surface area contributed by atoms with Crippen molar-refractivity contribution in [3.63, 3.8) is 0 Å². The third-order valence-electron chi connectivity index (χ3n) is 7.12. The zero-order valence-corrected chi connectivity index (χ0v) is 22.6. The van der Waals surface area contributed by atoms with Gasteiger partial charge in [0.05, 0.1) is 12.2 Å². The number of aliphatic hydroxyl groups is 4. The summed E-state index contributed by atoms with van der Waals surface area (Å²) in [5.41, 5.74) is 0.0768. The van der Waals surface area contributed by atoms with Crippen molar-refractivity contribution in [1.82, 2.24) is 0 Å². The maximum atomic E-state index is 13.1. The van der Waals surface area contributed by atoms with E-state index in [0.717, 1.165) is 17.7 Å². The molecule has 1 unspecified atom stereocenters. The van der Waals surface area contributed by atoms with Crippen molar-refractivity contribution in [2.24, 2.45) is 0 Å². The van der Waals surface area contributed by atoms with Gasteiger partial charge in [0, 0.05) is 37.5 Å².